The van der Waals surface area contributed by atoms with Gasteiger partial charge in [-0.2, -0.15) is 0 Å². The molecule has 122 valence electrons. The summed E-state index contributed by atoms with van der Waals surface area (Å²) in [6.07, 6.45) is 14.4. The number of piperazine rings is 1. The van der Waals surface area contributed by atoms with E-state index in [2.05, 4.69) is 24.1 Å². The fraction of sp³-hybridized carbons (Fsp3) is 1.00. The van der Waals surface area contributed by atoms with Gasteiger partial charge >= 0.3 is 0 Å². The van der Waals surface area contributed by atoms with E-state index in [1.165, 1.54) is 83.8 Å². The molecule has 1 heterocycles. The van der Waals surface area contributed by atoms with Gasteiger partial charge in [0, 0.05) is 24.7 Å². The highest BCUT2D eigenvalue weighted by atomic mass is 15.3. The molecule has 2 aliphatic carbocycles. The van der Waals surface area contributed by atoms with Crippen LogP contribution in [0.3, 0.4) is 0 Å². The van der Waals surface area contributed by atoms with E-state index < -0.39 is 0 Å². The molecular formula is C19H36N2. The van der Waals surface area contributed by atoms with Crippen LogP contribution >= 0.6 is 0 Å². The molecule has 2 heteroatoms. The zero-order valence-electron chi connectivity index (χ0n) is 14.4. The SMILES string of the molecule is CCCCCCCCN1CC(C2CC2)NCC1(C)C1CC1. The lowest BCUT2D eigenvalue weighted by Gasteiger charge is -2.49. The van der Waals surface area contributed by atoms with Crippen LogP contribution in [-0.4, -0.2) is 36.1 Å². The number of hydrogen-bond acceptors (Lipinski definition) is 2. The molecule has 1 saturated heterocycles. The average molecular weight is 293 g/mol. The zero-order chi connectivity index (χ0) is 14.7. The summed E-state index contributed by atoms with van der Waals surface area (Å²) in [5.74, 6) is 1.98. The second kappa shape index (κ2) is 7.00. The molecule has 0 amide bonds. The van der Waals surface area contributed by atoms with E-state index in [-0.39, 0.29) is 0 Å². The maximum Gasteiger partial charge on any atom is 0.0334 e. The smallest absolute Gasteiger partial charge is 0.0334 e. The zero-order valence-corrected chi connectivity index (χ0v) is 14.4. The minimum Gasteiger partial charge on any atom is -0.311 e. The molecule has 3 rings (SSSR count). The van der Waals surface area contributed by atoms with Crippen LogP contribution in [0.25, 0.3) is 0 Å². The predicted molar refractivity (Wildman–Crippen MR) is 90.6 cm³/mol. The fourth-order valence-electron chi connectivity index (χ4n) is 4.31. The Balaban J connectivity index is 1.46. The molecule has 0 radical (unpaired) electrons. The van der Waals surface area contributed by atoms with Crippen molar-refractivity contribution < 1.29 is 0 Å². The lowest BCUT2D eigenvalue weighted by molar-refractivity contribution is 0.0291. The lowest BCUT2D eigenvalue weighted by Crippen LogP contribution is -2.65. The van der Waals surface area contributed by atoms with Crippen molar-refractivity contribution in [1.82, 2.24) is 10.2 Å². The van der Waals surface area contributed by atoms with E-state index in [1.54, 1.807) is 0 Å². The lowest BCUT2D eigenvalue weighted by atomic mass is 9.88. The van der Waals surface area contributed by atoms with E-state index in [0.717, 1.165) is 17.9 Å². The largest absolute Gasteiger partial charge is 0.311 e. The molecule has 0 aromatic rings. The summed E-state index contributed by atoms with van der Waals surface area (Å²) in [4.78, 5) is 2.89. The van der Waals surface area contributed by atoms with Gasteiger partial charge in [-0.1, -0.05) is 39.0 Å². The molecule has 2 nitrogen and oxygen atoms in total. The van der Waals surface area contributed by atoms with Gasteiger partial charge in [0.25, 0.3) is 0 Å². The van der Waals surface area contributed by atoms with E-state index in [9.17, 15) is 0 Å². The molecule has 3 aliphatic rings. The topological polar surface area (TPSA) is 15.3 Å². The first-order valence-electron chi connectivity index (χ1n) is 9.72. The van der Waals surface area contributed by atoms with Crippen LogP contribution in [-0.2, 0) is 0 Å². The Hall–Kier alpha value is -0.0800. The van der Waals surface area contributed by atoms with Gasteiger partial charge in [-0.15, -0.1) is 0 Å². The van der Waals surface area contributed by atoms with Crippen LogP contribution in [0, 0.1) is 11.8 Å². The van der Waals surface area contributed by atoms with Crippen LogP contribution in [0.15, 0.2) is 0 Å². The van der Waals surface area contributed by atoms with E-state index in [1.807, 2.05) is 0 Å². The Morgan fingerprint density at radius 1 is 1.00 bits per heavy atom. The van der Waals surface area contributed by atoms with Crippen LogP contribution in [0.5, 0.6) is 0 Å². The van der Waals surface area contributed by atoms with Gasteiger partial charge in [0.05, 0.1) is 0 Å². The number of nitrogens with one attached hydrogen (secondary N) is 1. The highest BCUT2D eigenvalue weighted by Gasteiger charge is 2.49. The summed E-state index contributed by atoms with van der Waals surface area (Å²) < 4.78 is 0. The highest BCUT2D eigenvalue weighted by molar-refractivity contribution is 5.06. The fourth-order valence-corrected chi connectivity index (χ4v) is 4.31. The molecule has 1 N–H and O–H groups in total. The summed E-state index contributed by atoms with van der Waals surface area (Å²) in [6.45, 7) is 8.77. The van der Waals surface area contributed by atoms with E-state index in [0.29, 0.717) is 5.54 Å². The molecule has 2 saturated carbocycles. The van der Waals surface area contributed by atoms with Crippen molar-refractivity contribution in [1.29, 1.82) is 0 Å². The Morgan fingerprint density at radius 2 is 1.71 bits per heavy atom. The van der Waals surface area contributed by atoms with Crippen LogP contribution in [0.4, 0.5) is 0 Å². The molecule has 3 fully saturated rings. The maximum atomic E-state index is 3.90. The van der Waals surface area contributed by atoms with Gasteiger partial charge in [-0.3, -0.25) is 4.90 Å². The van der Waals surface area contributed by atoms with Crippen molar-refractivity contribution in [3.63, 3.8) is 0 Å². The maximum absolute atomic E-state index is 3.90. The third kappa shape index (κ3) is 4.01. The van der Waals surface area contributed by atoms with Crippen LogP contribution in [0.1, 0.15) is 78.1 Å². The van der Waals surface area contributed by atoms with E-state index in [4.69, 9.17) is 0 Å². The molecule has 0 aromatic heterocycles. The van der Waals surface area contributed by atoms with Crippen molar-refractivity contribution in [2.45, 2.75) is 89.6 Å². The quantitative estimate of drug-likeness (QED) is 0.641. The molecule has 0 aromatic carbocycles. The van der Waals surface area contributed by atoms with Gasteiger partial charge in [0.1, 0.15) is 0 Å². The van der Waals surface area contributed by atoms with Gasteiger partial charge in [-0.05, 0) is 57.4 Å². The Morgan fingerprint density at radius 3 is 2.38 bits per heavy atom. The minimum absolute atomic E-state index is 0.467. The normalized spacial score (nSPS) is 34.3. The summed E-state index contributed by atoms with van der Waals surface area (Å²) in [7, 11) is 0. The number of nitrogens with zero attached hydrogens (tertiary/aromatic N) is 1. The third-order valence-electron chi connectivity index (χ3n) is 6.29. The van der Waals surface area contributed by atoms with Gasteiger partial charge in [-0.25, -0.2) is 0 Å². The molecule has 2 unspecified atom stereocenters. The minimum atomic E-state index is 0.467. The predicted octanol–water partition coefficient (Wildman–Crippen LogP) is 4.20. The van der Waals surface area contributed by atoms with Crippen molar-refractivity contribution in [3.05, 3.63) is 0 Å². The first kappa shape index (κ1) is 15.8. The van der Waals surface area contributed by atoms with E-state index >= 15 is 0 Å². The first-order valence-corrected chi connectivity index (χ1v) is 9.72. The Kier molecular flexibility index (Phi) is 5.27. The summed E-state index contributed by atoms with van der Waals surface area (Å²) in [5, 5.41) is 3.90. The second-order valence-electron chi connectivity index (χ2n) is 8.17. The summed E-state index contributed by atoms with van der Waals surface area (Å²) in [6, 6.07) is 0.803. The van der Waals surface area contributed by atoms with Gasteiger partial charge in [0.2, 0.25) is 0 Å². The summed E-state index contributed by atoms with van der Waals surface area (Å²) in [5.41, 5.74) is 0.467. The van der Waals surface area contributed by atoms with Crippen molar-refractivity contribution in [2.75, 3.05) is 19.6 Å². The number of rotatable bonds is 9. The Bertz CT molecular complexity index is 322. The standard InChI is InChI=1S/C19H36N2/c1-3-4-5-6-7-8-13-21-14-18(16-9-10-16)20-15-19(21,2)17-11-12-17/h16-18,20H,3-15H2,1-2H3. The molecule has 0 bridgehead atoms. The van der Waals surface area contributed by atoms with Crippen molar-refractivity contribution in [3.8, 4) is 0 Å². The molecular weight excluding hydrogens is 256 g/mol. The van der Waals surface area contributed by atoms with Gasteiger partial charge < -0.3 is 5.32 Å². The first-order chi connectivity index (χ1) is 10.2. The van der Waals surface area contributed by atoms with Crippen LogP contribution in [0.2, 0.25) is 0 Å². The third-order valence-corrected chi connectivity index (χ3v) is 6.29. The summed E-state index contributed by atoms with van der Waals surface area (Å²) >= 11 is 0. The highest BCUT2D eigenvalue weighted by Crippen LogP contribution is 2.45. The van der Waals surface area contributed by atoms with Crippen LogP contribution < -0.4 is 5.32 Å². The molecule has 0 spiro atoms. The molecule has 21 heavy (non-hydrogen) atoms. The monoisotopic (exact) mass is 292 g/mol. The Labute approximate surface area is 132 Å². The number of unbranched alkanes of at least 4 members (excludes halogenated alkanes) is 5. The average Bonchev–Trinajstić information content (AvgIpc) is 3.36. The molecule has 1 aliphatic heterocycles. The second-order valence-corrected chi connectivity index (χ2v) is 8.17. The number of hydrogen-bond donors (Lipinski definition) is 1. The van der Waals surface area contributed by atoms with Crippen molar-refractivity contribution >= 4 is 0 Å². The van der Waals surface area contributed by atoms with Gasteiger partial charge in [0.15, 0.2) is 0 Å². The van der Waals surface area contributed by atoms with Crippen molar-refractivity contribution in [2.24, 2.45) is 11.8 Å². The molecule has 2 atom stereocenters.